The molecule has 3 atom stereocenters. The van der Waals surface area contributed by atoms with Crippen molar-refractivity contribution in [2.45, 2.75) is 39.3 Å². The maximum atomic E-state index is 5.73. The van der Waals surface area contributed by atoms with Crippen molar-refractivity contribution in [1.29, 1.82) is 0 Å². The first-order valence-corrected chi connectivity index (χ1v) is 7.00. The summed E-state index contributed by atoms with van der Waals surface area (Å²) in [5, 5.41) is 3.46. The Morgan fingerprint density at radius 3 is 2.63 bits per heavy atom. The summed E-state index contributed by atoms with van der Waals surface area (Å²) in [6, 6.07) is 4.63. The third-order valence-electron chi connectivity index (χ3n) is 4.04. The van der Waals surface area contributed by atoms with E-state index in [2.05, 4.69) is 38.2 Å². The quantitative estimate of drug-likeness (QED) is 0.906. The maximum Gasteiger partial charge on any atom is 0.124 e. The van der Waals surface area contributed by atoms with Crippen LogP contribution in [-0.2, 0) is 4.74 Å². The predicted molar refractivity (Wildman–Crippen MR) is 77.8 cm³/mol. The highest BCUT2D eigenvalue weighted by Crippen LogP contribution is 2.38. The van der Waals surface area contributed by atoms with E-state index in [1.54, 1.807) is 7.11 Å². The first-order valence-electron chi connectivity index (χ1n) is 7.00. The Balaban J connectivity index is 2.37. The van der Waals surface area contributed by atoms with E-state index >= 15 is 0 Å². The van der Waals surface area contributed by atoms with Crippen LogP contribution in [0.25, 0.3) is 0 Å². The minimum absolute atomic E-state index is 0.292. The van der Waals surface area contributed by atoms with Gasteiger partial charge in [0.05, 0.1) is 19.8 Å². The van der Waals surface area contributed by atoms with Gasteiger partial charge in [-0.3, -0.25) is 0 Å². The largest absolute Gasteiger partial charge is 0.496 e. The SMILES string of the molecule is CNC(c1c(C)cc(C)cc1OC)C1COC(C)C1. The highest BCUT2D eigenvalue weighted by Gasteiger charge is 2.32. The highest BCUT2D eigenvalue weighted by molar-refractivity contribution is 5.45. The third kappa shape index (κ3) is 2.93. The van der Waals surface area contributed by atoms with E-state index in [4.69, 9.17) is 9.47 Å². The van der Waals surface area contributed by atoms with E-state index in [0.717, 1.165) is 18.8 Å². The monoisotopic (exact) mass is 263 g/mol. The molecule has 3 heteroatoms. The molecule has 1 saturated heterocycles. The fraction of sp³-hybridized carbons (Fsp3) is 0.625. The zero-order chi connectivity index (χ0) is 14.0. The number of benzene rings is 1. The molecule has 1 aromatic carbocycles. The molecular formula is C16H25NO2. The minimum Gasteiger partial charge on any atom is -0.496 e. The van der Waals surface area contributed by atoms with Crippen LogP contribution in [-0.4, -0.2) is 26.9 Å². The van der Waals surface area contributed by atoms with Crippen molar-refractivity contribution in [2.75, 3.05) is 20.8 Å². The van der Waals surface area contributed by atoms with E-state index in [9.17, 15) is 0 Å². The standard InChI is InChI=1S/C16H25NO2/c1-10-6-11(2)15(14(7-10)18-5)16(17-4)13-8-12(3)19-9-13/h6-7,12-13,16-17H,8-9H2,1-5H3. The highest BCUT2D eigenvalue weighted by atomic mass is 16.5. The van der Waals surface area contributed by atoms with E-state index in [-0.39, 0.29) is 0 Å². The zero-order valence-corrected chi connectivity index (χ0v) is 12.6. The molecule has 3 nitrogen and oxygen atoms in total. The Kier molecular flexibility index (Phi) is 4.48. The maximum absolute atomic E-state index is 5.73. The number of nitrogens with one attached hydrogen (secondary N) is 1. The van der Waals surface area contributed by atoms with Crippen LogP contribution in [0.15, 0.2) is 12.1 Å². The summed E-state index contributed by atoms with van der Waals surface area (Å²) < 4.78 is 11.3. The second-order valence-corrected chi connectivity index (χ2v) is 5.60. The Morgan fingerprint density at radius 2 is 2.11 bits per heavy atom. The molecule has 3 unspecified atom stereocenters. The molecule has 0 aromatic heterocycles. The molecule has 1 aromatic rings. The van der Waals surface area contributed by atoms with Gasteiger partial charge in [-0.05, 0) is 51.4 Å². The zero-order valence-electron chi connectivity index (χ0n) is 12.6. The summed E-state index contributed by atoms with van der Waals surface area (Å²) in [5.41, 5.74) is 3.80. The van der Waals surface area contributed by atoms with E-state index in [0.29, 0.717) is 18.1 Å². The first kappa shape index (κ1) is 14.4. The van der Waals surface area contributed by atoms with Gasteiger partial charge in [0.15, 0.2) is 0 Å². The van der Waals surface area contributed by atoms with E-state index in [1.807, 2.05) is 7.05 Å². The summed E-state index contributed by atoms with van der Waals surface area (Å²) >= 11 is 0. The van der Waals surface area contributed by atoms with Crippen molar-refractivity contribution < 1.29 is 9.47 Å². The molecule has 1 aliphatic rings. The molecule has 19 heavy (non-hydrogen) atoms. The number of hydrogen-bond acceptors (Lipinski definition) is 3. The second-order valence-electron chi connectivity index (χ2n) is 5.60. The summed E-state index contributed by atoms with van der Waals surface area (Å²) in [6.45, 7) is 7.23. The summed E-state index contributed by atoms with van der Waals surface area (Å²) in [7, 11) is 3.77. The van der Waals surface area contributed by atoms with Crippen LogP contribution < -0.4 is 10.1 Å². The number of methoxy groups -OCH3 is 1. The van der Waals surface area contributed by atoms with Gasteiger partial charge in [-0.25, -0.2) is 0 Å². The van der Waals surface area contributed by atoms with Crippen LogP contribution in [0.4, 0.5) is 0 Å². The van der Waals surface area contributed by atoms with Gasteiger partial charge in [0.25, 0.3) is 0 Å². The van der Waals surface area contributed by atoms with Crippen molar-refractivity contribution in [3.63, 3.8) is 0 Å². The molecule has 0 aliphatic carbocycles. The minimum atomic E-state index is 0.292. The average molecular weight is 263 g/mol. The number of ether oxygens (including phenoxy) is 2. The smallest absolute Gasteiger partial charge is 0.124 e. The average Bonchev–Trinajstić information content (AvgIpc) is 2.78. The summed E-state index contributed by atoms with van der Waals surface area (Å²) in [5.74, 6) is 1.49. The molecule has 0 saturated carbocycles. The predicted octanol–water partition coefficient (Wildman–Crippen LogP) is 3.00. The molecule has 1 heterocycles. The molecule has 0 radical (unpaired) electrons. The van der Waals surface area contributed by atoms with Gasteiger partial charge in [-0.15, -0.1) is 0 Å². The Bertz CT molecular complexity index is 445. The lowest BCUT2D eigenvalue weighted by molar-refractivity contribution is 0.117. The van der Waals surface area contributed by atoms with Gasteiger partial charge in [0.2, 0.25) is 0 Å². The summed E-state index contributed by atoms with van der Waals surface area (Å²) in [4.78, 5) is 0. The second kappa shape index (κ2) is 5.93. The van der Waals surface area contributed by atoms with Gasteiger partial charge in [-0.2, -0.15) is 0 Å². The molecular weight excluding hydrogens is 238 g/mol. The lowest BCUT2D eigenvalue weighted by Crippen LogP contribution is -2.27. The lowest BCUT2D eigenvalue weighted by atomic mass is 9.87. The number of rotatable bonds is 4. The molecule has 106 valence electrons. The van der Waals surface area contributed by atoms with Gasteiger partial charge in [0, 0.05) is 17.5 Å². The van der Waals surface area contributed by atoms with Gasteiger partial charge >= 0.3 is 0 Å². The molecule has 2 rings (SSSR count). The van der Waals surface area contributed by atoms with Crippen LogP contribution in [0, 0.1) is 19.8 Å². The van der Waals surface area contributed by atoms with Crippen LogP contribution in [0.3, 0.4) is 0 Å². The third-order valence-corrected chi connectivity index (χ3v) is 4.04. The van der Waals surface area contributed by atoms with Gasteiger partial charge < -0.3 is 14.8 Å². The molecule has 1 aliphatic heterocycles. The molecule has 0 amide bonds. The lowest BCUT2D eigenvalue weighted by Gasteiger charge is -2.26. The van der Waals surface area contributed by atoms with Crippen molar-refractivity contribution in [2.24, 2.45) is 5.92 Å². The molecule has 1 N–H and O–H groups in total. The van der Waals surface area contributed by atoms with Crippen LogP contribution in [0.2, 0.25) is 0 Å². The Morgan fingerprint density at radius 1 is 1.37 bits per heavy atom. The summed E-state index contributed by atoms with van der Waals surface area (Å²) in [6.07, 6.45) is 1.46. The van der Waals surface area contributed by atoms with Gasteiger partial charge in [0.1, 0.15) is 5.75 Å². The van der Waals surface area contributed by atoms with E-state index < -0.39 is 0 Å². The Labute approximate surface area is 116 Å². The topological polar surface area (TPSA) is 30.5 Å². The number of aryl methyl sites for hydroxylation is 2. The van der Waals surface area contributed by atoms with Crippen molar-refractivity contribution in [3.05, 3.63) is 28.8 Å². The Hall–Kier alpha value is -1.06. The fourth-order valence-electron chi connectivity index (χ4n) is 3.21. The van der Waals surface area contributed by atoms with Crippen LogP contribution in [0.5, 0.6) is 5.75 Å². The van der Waals surface area contributed by atoms with Crippen LogP contribution in [0.1, 0.15) is 36.1 Å². The van der Waals surface area contributed by atoms with Crippen molar-refractivity contribution >= 4 is 0 Å². The van der Waals surface area contributed by atoms with Crippen LogP contribution >= 0.6 is 0 Å². The molecule has 0 spiro atoms. The first-order chi connectivity index (χ1) is 9.06. The number of hydrogen-bond donors (Lipinski definition) is 1. The van der Waals surface area contributed by atoms with Crippen molar-refractivity contribution in [3.8, 4) is 5.75 Å². The van der Waals surface area contributed by atoms with Crippen molar-refractivity contribution in [1.82, 2.24) is 5.32 Å². The fourth-order valence-corrected chi connectivity index (χ4v) is 3.21. The molecule has 0 bridgehead atoms. The normalized spacial score (nSPS) is 24.5. The van der Waals surface area contributed by atoms with E-state index in [1.165, 1.54) is 16.7 Å². The van der Waals surface area contributed by atoms with Gasteiger partial charge in [-0.1, -0.05) is 6.07 Å². The molecule has 1 fully saturated rings.